The molecule has 6 nitrogen and oxygen atoms in total. The number of amides is 2. The van der Waals surface area contributed by atoms with E-state index in [0.717, 1.165) is 0 Å². The molecule has 2 aromatic carbocycles. The molecule has 0 atom stereocenters. The van der Waals surface area contributed by atoms with E-state index in [1.807, 2.05) is 0 Å². The Kier molecular flexibility index (Phi) is 5.86. The van der Waals surface area contributed by atoms with Crippen molar-refractivity contribution >= 4 is 40.5 Å². The predicted molar refractivity (Wildman–Crippen MR) is 97.4 cm³/mol. The Morgan fingerprint density at radius 1 is 0.917 bits per heavy atom. The van der Waals surface area contributed by atoms with Gasteiger partial charge in [-0.15, -0.1) is 0 Å². The van der Waals surface area contributed by atoms with Gasteiger partial charge in [0, 0.05) is 23.9 Å². The molecule has 0 spiro atoms. The Bertz CT molecular complexity index is 743. The molecule has 0 aliphatic carbocycles. The molecular formula is C17H17N3O3S. The molecule has 0 aliphatic heterocycles. The highest BCUT2D eigenvalue weighted by atomic mass is 32.1. The van der Waals surface area contributed by atoms with Crippen molar-refractivity contribution in [1.82, 2.24) is 5.32 Å². The van der Waals surface area contributed by atoms with E-state index in [4.69, 9.17) is 17.0 Å². The van der Waals surface area contributed by atoms with Crippen molar-refractivity contribution in [1.29, 1.82) is 0 Å². The molecule has 7 heteroatoms. The summed E-state index contributed by atoms with van der Waals surface area (Å²) in [5, 5.41) is 8.36. The number of thiocarbonyl (C=S) groups is 1. The van der Waals surface area contributed by atoms with Crippen LogP contribution < -0.4 is 20.7 Å². The summed E-state index contributed by atoms with van der Waals surface area (Å²) < 4.78 is 5.05. The smallest absolute Gasteiger partial charge is 0.257 e. The first-order valence-corrected chi connectivity index (χ1v) is 7.53. The molecule has 0 bridgehead atoms. The molecule has 2 rings (SSSR count). The predicted octanol–water partition coefficient (Wildman–Crippen LogP) is 2.78. The van der Waals surface area contributed by atoms with Gasteiger partial charge in [-0.2, -0.15) is 0 Å². The van der Waals surface area contributed by atoms with Crippen LogP contribution in [0.25, 0.3) is 0 Å². The fourth-order valence-electron chi connectivity index (χ4n) is 1.92. The minimum Gasteiger partial charge on any atom is -0.497 e. The molecule has 0 heterocycles. The van der Waals surface area contributed by atoms with Crippen LogP contribution in [0.1, 0.15) is 17.3 Å². The van der Waals surface area contributed by atoms with Gasteiger partial charge in [-0.25, -0.2) is 0 Å². The van der Waals surface area contributed by atoms with Crippen LogP contribution in [0.5, 0.6) is 5.75 Å². The van der Waals surface area contributed by atoms with Crippen molar-refractivity contribution in [2.24, 2.45) is 0 Å². The second kappa shape index (κ2) is 8.07. The van der Waals surface area contributed by atoms with Crippen molar-refractivity contribution in [2.45, 2.75) is 6.92 Å². The van der Waals surface area contributed by atoms with Crippen LogP contribution in [0, 0.1) is 0 Å². The maximum atomic E-state index is 12.1. The number of carbonyl (C=O) groups excluding carboxylic acids is 2. The third-order valence-corrected chi connectivity index (χ3v) is 3.25. The average Bonchev–Trinajstić information content (AvgIpc) is 2.56. The Labute approximate surface area is 145 Å². The van der Waals surface area contributed by atoms with Crippen molar-refractivity contribution in [3.8, 4) is 5.75 Å². The molecule has 3 N–H and O–H groups in total. The number of hydrogen-bond acceptors (Lipinski definition) is 4. The molecule has 0 saturated carbocycles. The molecule has 0 unspecified atom stereocenters. The number of hydrogen-bond donors (Lipinski definition) is 3. The topological polar surface area (TPSA) is 79.5 Å². The molecule has 24 heavy (non-hydrogen) atoms. The van der Waals surface area contributed by atoms with Crippen molar-refractivity contribution in [3.05, 3.63) is 54.1 Å². The van der Waals surface area contributed by atoms with E-state index in [-0.39, 0.29) is 16.9 Å². The van der Waals surface area contributed by atoms with Crippen LogP contribution in [0.4, 0.5) is 11.4 Å². The van der Waals surface area contributed by atoms with Gasteiger partial charge in [-0.3, -0.25) is 14.9 Å². The van der Waals surface area contributed by atoms with Crippen molar-refractivity contribution < 1.29 is 14.3 Å². The molecule has 0 fully saturated rings. The lowest BCUT2D eigenvalue weighted by Gasteiger charge is -2.10. The van der Waals surface area contributed by atoms with E-state index >= 15 is 0 Å². The summed E-state index contributed by atoms with van der Waals surface area (Å²) in [6.07, 6.45) is 0. The third-order valence-electron chi connectivity index (χ3n) is 3.04. The zero-order valence-electron chi connectivity index (χ0n) is 13.3. The normalized spacial score (nSPS) is 9.75. The summed E-state index contributed by atoms with van der Waals surface area (Å²) in [7, 11) is 1.56. The summed E-state index contributed by atoms with van der Waals surface area (Å²) >= 11 is 5.13. The highest BCUT2D eigenvalue weighted by Gasteiger charge is 2.08. The van der Waals surface area contributed by atoms with Gasteiger partial charge in [0.25, 0.3) is 5.91 Å². The average molecular weight is 343 g/mol. The second-order valence-corrected chi connectivity index (χ2v) is 5.30. The SMILES string of the molecule is COc1ccc(C(=O)NC(=S)Nc2ccc(NC(C)=O)cc2)cc1. The number of rotatable bonds is 4. The van der Waals surface area contributed by atoms with Crippen LogP contribution in [0.2, 0.25) is 0 Å². The van der Waals surface area contributed by atoms with Crippen LogP contribution in [0.3, 0.4) is 0 Å². The molecule has 2 amide bonds. The highest BCUT2D eigenvalue weighted by Crippen LogP contribution is 2.14. The van der Waals surface area contributed by atoms with Gasteiger partial charge in [-0.1, -0.05) is 0 Å². The lowest BCUT2D eigenvalue weighted by Crippen LogP contribution is -2.34. The van der Waals surface area contributed by atoms with E-state index in [2.05, 4.69) is 16.0 Å². The number of nitrogens with one attached hydrogen (secondary N) is 3. The lowest BCUT2D eigenvalue weighted by molar-refractivity contribution is -0.114. The quantitative estimate of drug-likeness (QED) is 0.744. The van der Waals surface area contributed by atoms with Crippen LogP contribution in [0.15, 0.2) is 48.5 Å². The first kappa shape index (κ1) is 17.4. The van der Waals surface area contributed by atoms with Gasteiger partial charge >= 0.3 is 0 Å². The largest absolute Gasteiger partial charge is 0.497 e. The molecule has 0 aliphatic rings. The van der Waals surface area contributed by atoms with Gasteiger partial charge in [0.05, 0.1) is 7.11 Å². The summed E-state index contributed by atoms with van der Waals surface area (Å²) in [4.78, 5) is 23.1. The molecule has 2 aromatic rings. The van der Waals surface area contributed by atoms with Gasteiger partial charge in [0.15, 0.2) is 5.11 Å². The maximum absolute atomic E-state index is 12.1. The summed E-state index contributed by atoms with van der Waals surface area (Å²) in [5.41, 5.74) is 1.85. The fraction of sp³-hybridized carbons (Fsp3) is 0.118. The first-order valence-electron chi connectivity index (χ1n) is 7.12. The van der Waals surface area contributed by atoms with Crippen LogP contribution >= 0.6 is 12.2 Å². The summed E-state index contributed by atoms with van der Waals surface area (Å²) in [6, 6.07) is 13.7. The highest BCUT2D eigenvalue weighted by molar-refractivity contribution is 7.80. The van der Waals surface area contributed by atoms with E-state index < -0.39 is 0 Å². The Balaban J connectivity index is 1.92. The molecule has 0 aromatic heterocycles. The minimum atomic E-state index is -0.315. The molecular weight excluding hydrogens is 326 g/mol. The van der Waals surface area contributed by atoms with E-state index in [0.29, 0.717) is 22.7 Å². The van der Waals surface area contributed by atoms with E-state index in [1.165, 1.54) is 6.92 Å². The molecule has 124 valence electrons. The zero-order chi connectivity index (χ0) is 17.5. The van der Waals surface area contributed by atoms with Crippen LogP contribution in [-0.4, -0.2) is 24.0 Å². The number of ether oxygens (including phenoxy) is 1. The zero-order valence-corrected chi connectivity index (χ0v) is 14.1. The Morgan fingerprint density at radius 2 is 1.46 bits per heavy atom. The Hall–Kier alpha value is -2.93. The maximum Gasteiger partial charge on any atom is 0.257 e. The van der Waals surface area contributed by atoms with Crippen molar-refractivity contribution in [2.75, 3.05) is 17.7 Å². The van der Waals surface area contributed by atoms with Crippen LogP contribution in [-0.2, 0) is 4.79 Å². The first-order chi connectivity index (χ1) is 11.5. The van der Waals surface area contributed by atoms with Gasteiger partial charge < -0.3 is 15.4 Å². The molecule has 0 radical (unpaired) electrons. The number of benzene rings is 2. The summed E-state index contributed by atoms with van der Waals surface area (Å²) in [5.74, 6) is 0.217. The Morgan fingerprint density at radius 3 is 1.96 bits per heavy atom. The van der Waals surface area contributed by atoms with Gasteiger partial charge in [0.2, 0.25) is 5.91 Å². The second-order valence-electron chi connectivity index (χ2n) is 4.90. The lowest BCUT2D eigenvalue weighted by atomic mass is 10.2. The molecule has 0 saturated heterocycles. The van der Waals surface area contributed by atoms with E-state index in [9.17, 15) is 9.59 Å². The van der Waals surface area contributed by atoms with Gasteiger partial charge in [-0.05, 0) is 60.7 Å². The number of methoxy groups -OCH3 is 1. The monoisotopic (exact) mass is 343 g/mol. The fourth-order valence-corrected chi connectivity index (χ4v) is 2.13. The number of anilines is 2. The number of carbonyl (C=O) groups is 2. The van der Waals surface area contributed by atoms with Crippen molar-refractivity contribution in [3.63, 3.8) is 0 Å². The van der Waals surface area contributed by atoms with Gasteiger partial charge in [0.1, 0.15) is 5.75 Å². The standard InChI is InChI=1S/C17H17N3O3S/c1-11(21)18-13-5-7-14(8-6-13)19-17(24)20-16(22)12-3-9-15(23-2)10-4-12/h3-10H,1-2H3,(H,18,21)(H2,19,20,22,24). The minimum absolute atomic E-state index is 0.141. The van der Waals surface area contributed by atoms with E-state index in [1.54, 1.807) is 55.6 Å². The summed E-state index contributed by atoms with van der Waals surface area (Å²) in [6.45, 7) is 1.44. The third kappa shape index (κ3) is 5.06.